The van der Waals surface area contributed by atoms with Crippen molar-refractivity contribution >= 4 is 17.3 Å². The van der Waals surface area contributed by atoms with Gasteiger partial charge in [0.1, 0.15) is 5.69 Å². The van der Waals surface area contributed by atoms with E-state index >= 15 is 0 Å². The molecular formula is C15H21ClN4O. The molecule has 1 saturated carbocycles. The van der Waals surface area contributed by atoms with Crippen LogP contribution < -0.4 is 16.2 Å². The minimum absolute atomic E-state index is 0.107. The third-order valence-electron chi connectivity index (χ3n) is 4.30. The largest absolute Gasteiger partial charge is 0.376 e. The second kappa shape index (κ2) is 6.62. The summed E-state index contributed by atoms with van der Waals surface area (Å²) in [5, 5.41) is 11.0. The number of rotatable bonds is 5. The maximum absolute atomic E-state index is 12.5. The SMILES string of the molecule is O=c1c(NCC2=CCNCC2)c(Cl)cnn1CC1CCC1. The summed E-state index contributed by atoms with van der Waals surface area (Å²) in [7, 11) is 0. The second-order valence-corrected chi connectivity index (χ2v) is 6.23. The van der Waals surface area contributed by atoms with Gasteiger partial charge in [-0.15, -0.1) is 0 Å². The molecule has 0 amide bonds. The maximum Gasteiger partial charge on any atom is 0.291 e. The zero-order valence-corrected chi connectivity index (χ0v) is 12.8. The van der Waals surface area contributed by atoms with E-state index in [1.807, 2.05) is 0 Å². The lowest BCUT2D eigenvalue weighted by atomic mass is 9.85. The van der Waals surface area contributed by atoms with Crippen molar-refractivity contribution < 1.29 is 0 Å². The molecule has 0 atom stereocenters. The van der Waals surface area contributed by atoms with Crippen LogP contribution in [0.25, 0.3) is 0 Å². The number of hydrogen-bond donors (Lipinski definition) is 2. The maximum atomic E-state index is 12.5. The fourth-order valence-corrected chi connectivity index (χ4v) is 2.90. The Hall–Kier alpha value is -1.33. The predicted octanol–water partition coefficient (Wildman–Crippen LogP) is 2.03. The first kappa shape index (κ1) is 14.6. The van der Waals surface area contributed by atoms with E-state index in [4.69, 9.17) is 11.6 Å². The van der Waals surface area contributed by atoms with Crippen LogP contribution in [0.1, 0.15) is 25.7 Å². The van der Waals surface area contributed by atoms with Crippen LogP contribution in [-0.4, -0.2) is 29.4 Å². The monoisotopic (exact) mass is 308 g/mol. The Morgan fingerprint density at radius 3 is 3.00 bits per heavy atom. The van der Waals surface area contributed by atoms with Gasteiger partial charge in [0.2, 0.25) is 0 Å². The fraction of sp³-hybridized carbons (Fsp3) is 0.600. The molecule has 0 radical (unpaired) electrons. The number of aromatic nitrogens is 2. The van der Waals surface area contributed by atoms with Gasteiger partial charge in [-0.2, -0.15) is 5.10 Å². The molecule has 21 heavy (non-hydrogen) atoms. The van der Waals surface area contributed by atoms with Crippen LogP contribution >= 0.6 is 11.6 Å². The number of hydrogen-bond acceptors (Lipinski definition) is 4. The average molecular weight is 309 g/mol. The van der Waals surface area contributed by atoms with Crippen LogP contribution in [0, 0.1) is 5.92 Å². The molecule has 0 spiro atoms. The van der Waals surface area contributed by atoms with Crippen LogP contribution in [0.3, 0.4) is 0 Å². The van der Waals surface area contributed by atoms with Gasteiger partial charge in [-0.3, -0.25) is 4.79 Å². The van der Waals surface area contributed by atoms with Gasteiger partial charge in [0.25, 0.3) is 5.56 Å². The number of anilines is 1. The van der Waals surface area contributed by atoms with Crippen molar-refractivity contribution in [3.8, 4) is 0 Å². The van der Waals surface area contributed by atoms with Crippen molar-refractivity contribution in [1.82, 2.24) is 15.1 Å². The van der Waals surface area contributed by atoms with Gasteiger partial charge in [0, 0.05) is 19.6 Å². The first-order valence-electron chi connectivity index (χ1n) is 7.62. The first-order chi connectivity index (χ1) is 10.2. The normalized spacial score (nSPS) is 19.0. The molecule has 6 heteroatoms. The first-order valence-corrected chi connectivity index (χ1v) is 8.00. The van der Waals surface area contributed by atoms with Gasteiger partial charge in [-0.05, 0) is 31.7 Å². The Morgan fingerprint density at radius 2 is 2.33 bits per heavy atom. The molecule has 2 N–H and O–H groups in total. The van der Waals surface area contributed by atoms with E-state index in [0.717, 1.165) is 19.5 Å². The molecule has 0 bridgehead atoms. The highest BCUT2D eigenvalue weighted by Crippen LogP contribution is 2.27. The lowest BCUT2D eigenvalue weighted by molar-refractivity contribution is 0.262. The summed E-state index contributed by atoms with van der Waals surface area (Å²) in [5.74, 6) is 0.594. The van der Waals surface area contributed by atoms with Crippen LogP contribution in [0.4, 0.5) is 5.69 Å². The third-order valence-corrected chi connectivity index (χ3v) is 4.59. The van der Waals surface area contributed by atoms with Crippen LogP contribution in [0.5, 0.6) is 0 Å². The highest BCUT2D eigenvalue weighted by atomic mass is 35.5. The summed E-state index contributed by atoms with van der Waals surface area (Å²) >= 11 is 6.13. The van der Waals surface area contributed by atoms with Gasteiger partial charge < -0.3 is 10.6 Å². The van der Waals surface area contributed by atoms with Crippen LogP contribution in [0.15, 0.2) is 22.6 Å². The number of nitrogens with one attached hydrogen (secondary N) is 2. The Bertz CT molecular complexity index is 592. The van der Waals surface area contributed by atoms with Crippen molar-refractivity contribution in [2.24, 2.45) is 5.92 Å². The van der Waals surface area contributed by atoms with Gasteiger partial charge in [0.05, 0.1) is 11.2 Å². The van der Waals surface area contributed by atoms with Crippen molar-refractivity contribution in [2.75, 3.05) is 25.0 Å². The summed E-state index contributed by atoms with van der Waals surface area (Å²) in [5.41, 5.74) is 1.68. The topological polar surface area (TPSA) is 59.0 Å². The van der Waals surface area contributed by atoms with Gasteiger partial charge in [0.15, 0.2) is 0 Å². The van der Waals surface area contributed by atoms with Crippen molar-refractivity contribution in [2.45, 2.75) is 32.2 Å². The van der Waals surface area contributed by atoms with Crippen LogP contribution in [0.2, 0.25) is 5.02 Å². The molecular weight excluding hydrogens is 288 g/mol. The Labute approximate surface area is 129 Å². The highest BCUT2D eigenvalue weighted by Gasteiger charge is 2.20. The molecule has 1 aromatic heterocycles. The fourth-order valence-electron chi connectivity index (χ4n) is 2.71. The Morgan fingerprint density at radius 1 is 1.48 bits per heavy atom. The summed E-state index contributed by atoms with van der Waals surface area (Å²) in [4.78, 5) is 12.5. The lowest BCUT2D eigenvalue weighted by Crippen LogP contribution is -2.31. The minimum atomic E-state index is -0.107. The Balaban J connectivity index is 1.72. The van der Waals surface area contributed by atoms with Crippen molar-refractivity contribution in [1.29, 1.82) is 0 Å². The zero-order valence-electron chi connectivity index (χ0n) is 12.1. The van der Waals surface area contributed by atoms with Crippen molar-refractivity contribution in [3.05, 3.63) is 33.2 Å². The second-order valence-electron chi connectivity index (χ2n) is 5.82. The molecule has 0 aromatic carbocycles. The molecule has 1 aliphatic carbocycles. The molecule has 114 valence electrons. The zero-order chi connectivity index (χ0) is 14.7. The van der Waals surface area contributed by atoms with E-state index in [-0.39, 0.29) is 5.56 Å². The summed E-state index contributed by atoms with van der Waals surface area (Å²) in [6.07, 6.45) is 8.39. The van der Waals surface area contributed by atoms with Gasteiger partial charge >= 0.3 is 0 Å². The van der Waals surface area contributed by atoms with Gasteiger partial charge in [-0.25, -0.2) is 4.68 Å². The van der Waals surface area contributed by atoms with E-state index in [9.17, 15) is 4.79 Å². The smallest absolute Gasteiger partial charge is 0.291 e. The summed E-state index contributed by atoms with van der Waals surface area (Å²) < 4.78 is 1.55. The number of nitrogens with zero attached hydrogens (tertiary/aromatic N) is 2. The lowest BCUT2D eigenvalue weighted by Gasteiger charge is -2.25. The molecule has 3 rings (SSSR count). The van der Waals surface area contributed by atoms with Crippen molar-refractivity contribution in [3.63, 3.8) is 0 Å². The Kier molecular flexibility index (Phi) is 4.60. The molecule has 5 nitrogen and oxygen atoms in total. The quantitative estimate of drug-likeness (QED) is 0.817. The molecule has 1 aromatic rings. The molecule has 2 heterocycles. The molecule has 1 aliphatic heterocycles. The van der Waals surface area contributed by atoms with Gasteiger partial charge in [-0.1, -0.05) is 29.7 Å². The molecule has 0 unspecified atom stereocenters. The van der Waals surface area contributed by atoms with E-state index in [2.05, 4.69) is 21.8 Å². The molecule has 2 aliphatic rings. The van der Waals surface area contributed by atoms with E-state index in [1.54, 1.807) is 10.9 Å². The average Bonchev–Trinajstić information content (AvgIpc) is 2.45. The molecule has 0 saturated heterocycles. The van der Waals surface area contributed by atoms with E-state index in [0.29, 0.717) is 29.7 Å². The van der Waals surface area contributed by atoms with E-state index < -0.39 is 0 Å². The summed E-state index contributed by atoms with van der Waals surface area (Å²) in [6.45, 7) is 3.26. The standard InChI is InChI=1S/C15H21ClN4O/c16-13-9-19-20(10-12-2-1-3-12)15(21)14(13)18-8-11-4-6-17-7-5-11/h4,9,12,17-18H,1-3,5-8,10H2. The number of halogens is 1. The summed E-state index contributed by atoms with van der Waals surface area (Å²) in [6, 6.07) is 0. The minimum Gasteiger partial charge on any atom is -0.376 e. The van der Waals surface area contributed by atoms with Crippen LogP contribution in [-0.2, 0) is 6.54 Å². The van der Waals surface area contributed by atoms with E-state index in [1.165, 1.54) is 24.8 Å². The predicted molar refractivity (Wildman–Crippen MR) is 84.9 cm³/mol. The highest BCUT2D eigenvalue weighted by molar-refractivity contribution is 6.33. The third kappa shape index (κ3) is 3.47. The molecule has 1 fully saturated rings.